The van der Waals surface area contributed by atoms with Crippen LogP contribution in [0, 0.1) is 5.82 Å². The van der Waals surface area contributed by atoms with Gasteiger partial charge in [0.15, 0.2) is 5.82 Å². The van der Waals surface area contributed by atoms with Gasteiger partial charge < -0.3 is 14.2 Å². The molecule has 8 nitrogen and oxygen atoms in total. The van der Waals surface area contributed by atoms with Crippen molar-refractivity contribution in [2.45, 2.75) is 59.0 Å². The lowest BCUT2D eigenvalue weighted by Crippen LogP contribution is -2.27. The summed E-state index contributed by atoms with van der Waals surface area (Å²) >= 11 is 5.72. The molecule has 0 saturated carbocycles. The largest absolute Gasteiger partial charge is 0.444 e. The highest BCUT2D eigenvalue weighted by atomic mass is 35.5. The maximum absolute atomic E-state index is 14.0. The number of unbranched alkanes of at least 4 members (excludes halogenated alkanes) is 2. The number of carbonyl (C=O) groups is 2. The fourth-order valence-corrected chi connectivity index (χ4v) is 3.29. The number of carbonyl (C=O) groups excluding carboxylic acids is 2. The van der Waals surface area contributed by atoms with Crippen LogP contribution in [0.1, 0.15) is 53.4 Å². The Kier molecular flexibility index (Phi) is 9.41. The summed E-state index contributed by atoms with van der Waals surface area (Å²) in [5, 5.41) is 2.76. The van der Waals surface area contributed by atoms with Crippen LogP contribution in [0.2, 0.25) is 5.02 Å². The van der Waals surface area contributed by atoms with E-state index in [0.29, 0.717) is 23.4 Å². The van der Waals surface area contributed by atoms with Gasteiger partial charge in [-0.1, -0.05) is 31.4 Å². The number of hydrogen-bond acceptors (Lipinski definition) is 7. The molecule has 1 aromatic carbocycles. The monoisotopic (exact) mass is 529 g/mol. The Morgan fingerprint density at radius 2 is 1.78 bits per heavy atom. The summed E-state index contributed by atoms with van der Waals surface area (Å²) in [4.78, 5) is 33.0. The second kappa shape index (κ2) is 12.5. The van der Waals surface area contributed by atoms with Crippen LogP contribution in [0.3, 0.4) is 0 Å². The number of hydrogen-bond donors (Lipinski definition) is 1. The molecule has 2 heterocycles. The average Bonchev–Trinajstić information content (AvgIpc) is 2.81. The third-order valence-corrected chi connectivity index (χ3v) is 5.04. The zero-order chi connectivity index (χ0) is 27.0. The number of nitrogens with one attached hydrogen (secondary N) is 1. The van der Waals surface area contributed by atoms with E-state index in [4.69, 9.17) is 25.8 Å². The Labute approximate surface area is 220 Å². The molecule has 0 aliphatic heterocycles. The molecule has 0 bridgehead atoms. The lowest BCUT2D eigenvalue weighted by Gasteiger charge is -2.20. The highest BCUT2D eigenvalue weighted by molar-refractivity contribution is 6.30. The second-order valence-electron chi connectivity index (χ2n) is 9.17. The van der Waals surface area contributed by atoms with Crippen molar-refractivity contribution >= 4 is 29.4 Å². The Balaban J connectivity index is 1.82. The van der Waals surface area contributed by atoms with Gasteiger partial charge in [0.1, 0.15) is 17.0 Å². The molecule has 0 fully saturated rings. The van der Waals surface area contributed by atoms with E-state index in [1.54, 1.807) is 57.2 Å². The van der Waals surface area contributed by atoms with Gasteiger partial charge in [-0.3, -0.25) is 10.1 Å². The van der Waals surface area contributed by atoms with Crippen LogP contribution in [-0.2, 0) is 9.53 Å². The Bertz CT molecular complexity index is 1250. The zero-order valence-electron chi connectivity index (χ0n) is 21.1. The first-order valence-corrected chi connectivity index (χ1v) is 12.2. The van der Waals surface area contributed by atoms with Gasteiger partial charge in [-0.15, -0.1) is 0 Å². The van der Waals surface area contributed by atoms with Crippen LogP contribution in [0.15, 0.2) is 48.7 Å². The van der Waals surface area contributed by atoms with E-state index in [1.807, 2.05) is 6.92 Å². The highest BCUT2D eigenvalue weighted by Crippen LogP contribution is 2.30. The highest BCUT2D eigenvalue weighted by Gasteiger charge is 2.20. The van der Waals surface area contributed by atoms with Gasteiger partial charge in [0.05, 0.1) is 10.7 Å². The third-order valence-electron chi connectivity index (χ3n) is 4.83. The summed E-state index contributed by atoms with van der Waals surface area (Å²) in [6, 6.07) is 11.0. The average molecular weight is 530 g/mol. The van der Waals surface area contributed by atoms with Crippen molar-refractivity contribution in [2.24, 2.45) is 0 Å². The first-order chi connectivity index (χ1) is 17.5. The van der Waals surface area contributed by atoms with Crippen LogP contribution < -0.4 is 14.8 Å². The number of pyridine rings is 2. The molecule has 3 rings (SSSR count). The van der Waals surface area contributed by atoms with Crippen LogP contribution in [0.4, 0.5) is 14.9 Å². The first-order valence-electron chi connectivity index (χ1n) is 11.8. The molecule has 196 valence electrons. The van der Waals surface area contributed by atoms with Crippen LogP contribution in [0.5, 0.6) is 17.5 Å². The maximum Gasteiger partial charge on any atom is 0.412 e. The molecule has 0 unspecified atom stereocenters. The fraction of sp³-hybridized carbons (Fsp3) is 0.333. The van der Waals surface area contributed by atoms with E-state index in [1.165, 1.54) is 6.20 Å². The quantitative estimate of drug-likeness (QED) is 0.225. The molecule has 37 heavy (non-hydrogen) atoms. The van der Waals surface area contributed by atoms with Gasteiger partial charge in [-0.05, 0) is 69.7 Å². The van der Waals surface area contributed by atoms with E-state index in [9.17, 15) is 14.0 Å². The molecule has 2 aromatic heterocycles. The van der Waals surface area contributed by atoms with Crippen LogP contribution >= 0.6 is 11.6 Å². The minimum Gasteiger partial charge on any atom is -0.444 e. The third kappa shape index (κ3) is 8.71. The Morgan fingerprint density at radius 3 is 2.43 bits per heavy atom. The van der Waals surface area contributed by atoms with E-state index in [2.05, 4.69) is 15.3 Å². The van der Waals surface area contributed by atoms with Crippen LogP contribution in [0.25, 0.3) is 11.3 Å². The predicted molar refractivity (Wildman–Crippen MR) is 139 cm³/mol. The van der Waals surface area contributed by atoms with Crippen molar-refractivity contribution in [3.63, 3.8) is 0 Å². The predicted octanol–water partition coefficient (Wildman–Crippen LogP) is 7.56. The number of esters is 1. The summed E-state index contributed by atoms with van der Waals surface area (Å²) < 4.78 is 30.3. The minimum absolute atomic E-state index is 0.0439. The number of rotatable bonds is 9. The van der Waals surface area contributed by atoms with Gasteiger partial charge in [0.25, 0.3) is 5.88 Å². The maximum atomic E-state index is 14.0. The van der Waals surface area contributed by atoms with E-state index in [-0.39, 0.29) is 28.9 Å². The van der Waals surface area contributed by atoms with Crippen molar-refractivity contribution < 1.29 is 28.2 Å². The van der Waals surface area contributed by atoms with Crippen molar-refractivity contribution in [1.82, 2.24) is 9.97 Å². The number of anilines is 1. The van der Waals surface area contributed by atoms with Gasteiger partial charge in [-0.2, -0.15) is 0 Å². The van der Waals surface area contributed by atoms with E-state index < -0.39 is 23.5 Å². The lowest BCUT2D eigenvalue weighted by atomic mass is 10.1. The van der Waals surface area contributed by atoms with Gasteiger partial charge in [0.2, 0.25) is 5.88 Å². The molecule has 0 aliphatic carbocycles. The number of ether oxygens (including phenoxy) is 3. The Morgan fingerprint density at radius 1 is 1.05 bits per heavy atom. The molecular weight excluding hydrogens is 501 g/mol. The summed E-state index contributed by atoms with van der Waals surface area (Å²) in [7, 11) is 0. The summed E-state index contributed by atoms with van der Waals surface area (Å²) in [5.41, 5.74) is 0.645. The van der Waals surface area contributed by atoms with E-state index >= 15 is 0 Å². The fourth-order valence-electron chi connectivity index (χ4n) is 3.15. The van der Waals surface area contributed by atoms with Crippen LogP contribution in [-0.4, -0.2) is 27.6 Å². The summed E-state index contributed by atoms with van der Waals surface area (Å²) in [6.45, 7) is 7.27. The molecule has 0 atom stereocenters. The SMILES string of the molecule is CCCCCC(=O)Oc1nc(-c2ccc(Oc3ncc(Cl)cc3F)cc2)ccc1NC(=O)OC(C)(C)C. The number of benzene rings is 1. The molecule has 0 spiro atoms. The van der Waals surface area contributed by atoms with E-state index in [0.717, 1.165) is 18.9 Å². The van der Waals surface area contributed by atoms with Gasteiger partial charge in [0, 0.05) is 18.2 Å². The lowest BCUT2D eigenvalue weighted by molar-refractivity contribution is -0.134. The molecule has 0 saturated heterocycles. The summed E-state index contributed by atoms with van der Waals surface area (Å²) in [5.74, 6) is -1.03. The van der Waals surface area contributed by atoms with Crippen molar-refractivity contribution in [3.05, 3.63) is 59.5 Å². The van der Waals surface area contributed by atoms with Gasteiger partial charge in [-0.25, -0.2) is 19.2 Å². The normalized spacial score (nSPS) is 11.1. The minimum atomic E-state index is -0.706. The summed E-state index contributed by atoms with van der Waals surface area (Å²) in [6.07, 6.45) is 3.37. The number of aromatic nitrogens is 2. The second-order valence-corrected chi connectivity index (χ2v) is 9.61. The number of amides is 1. The first kappa shape index (κ1) is 27.9. The Hall–Kier alpha value is -3.72. The van der Waals surface area contributed by atoms with Gasteiger partial charge >= 0.3 is 12.1 Å². The smallest absolute Gasteiger partial charge is 0.412 e. The molecule has 0 aliphatic rings. The topological polar surface area (TPSA) is 99.6 Å². The molecule has 10 heteroatoms. The number of nitrogens with zero attached hydrogens (tertiary/aromatic N) is 2. The molecular formula is C27H29ClFN3O5. The van der Waals surface area contributed by atoms with Crippen molar-refractivity contribution in [1.29, 1.82) is 0 Å². The van der Waals surface area contributed by atoms with Crippen molar-refractivity contribution in [3.8, 4) is 28.8 Å². The molecule has 1 N–H and O–H groups in total. The van der Waals surface area contributed by atoms with Crippen molar-refractivity contribution in [2.75, 3.05) is 5.32 Å². The zero-order valence-corrected chi connectivity index (χ0v) is 21.9. The standard InChI is InChI=1S/C27H29ClFN3O5/c1-5-6-7-8-23(33)36-25-22(32-26(34)37-27(2,3)4)14-13-21(31-25)17-9-11-19(12-10-17)35-24-20(29)15-18(28)16-30-24/h9-16H,5-8H2,1-4H3,(H,32,34). The molecule has 1 amide bonds. The number of halogens is 2. The molecule has 0 radical (unpaired) electrons. The molecule has 3 aromatic rings.